The number of aliphatic hydroxyl groups is 1. The number of hydrogen-bond donors (Lipinski definition) is 2. The summed E-state index contributed by atoms with van der Waals surface area (Å²) in [6.45, 7) is 0.880. The number of alkyl halides is 2. The van der Waals surface area contributed by atoms with Gasteiger partial charge in [-0.15, -0.1) is 0 Å². The van der Waals surface area contributed by atoms with Crippen LogP contribution in [-0.2, 0) is 0 Å². The zero-order valence-corrected chi connectivity index (χ0v) is 13.0. The number of aromatic nitrogens is 1. The third kappa shape index (κ3) is 5.02. The third-order valence-corrected chi connectivity index (χ3v) is 3.18. The molecule has 1 amide bonds. The Morgan fingerprint density at radius 1 is 1.42 bits per heavy atom. The van der Waals surface area contributed by atoms with E-state index in [4.69, 9.17) is 9.15 Å². The molecule has 8 heteroatoms. The van der Waals surface area contributed by atoms with E-state index >= 15 is 0 Å². The van der Waals surface area contributed by atoms with Gasteiger partial charge in [0, 0.05) is 18.7 Å². The summed E-state index contributed by atoms with van der Waals surface area (Å²) in [5.41, 5.74) is -0.0857. The molecule has 24 heavy (non-hydrogen) atoms. The Balaban J connectivity index is 1.96. The Morgan fingerprint density at radius 3 is 2.88 bits per heavy atom. The van der Waals surface area contributed by atoms with Crippen molar-refractivity contribution in [3.05, 3.63) is 48.2 Å². The highest BCUT2D eigenvalue weighted by Crippen LogP contribution is 2.20. The summed E-state index contributed by atoms with van der Waals surface area (Å²) in [6, 6.07) is 5.77. The first-order chi connectivity index (χ1) is 11.5. The van der Waals surface area contributed by atoms with Crippen molar-refractivity contribution in [3.63, 3.8) is 0 Å². The van der Waals surface area contributed by atoms with E-state index in [1.165, 1.54) is 24.6 Å². The molecule has 2 aromatic rings. The van der Waals surface area contributed by atoms with Crippen LogP contribution in [0, 0.1) is 0 Å². The molecule has 0 aliphatic carbocycles. The van der Waals surface area contributed by atoms with E-state index in [-0.39, 0.29) is 17.9 Å². The molecule has 0 aliphatic heterocycles. The Labute approximate surface area is 137 Å². The van der Waals surface area contributed by atoms with Crippen molar-refractivity contribution in [2.45, 2.75) is 31.9 Å². The summed E-state index contributed by atoms with van der Waals surface area (Å²) in [6.07, 6.45) is -0.481. The number of carbonyl (C=O) groups excluding carboxylic acids is 1. The lowest BCUT2D eigenvalue weighted by atomic mass is 10.1. The van der Waals surface area contributed by atoms with Crippen LogP contribution in [0.1, 0.15) is 35.7 Å². The van der Waals surface area contributed by atoms with Crippen molar-refractivity contribution in [1.82, 2.24) is 10.3 Å². The minimum absolute atomic E-state index is 0.0194. The molecule has 2 unspecified atom stereocenters. The highest BCUT2D eigenvalue weighted by Gasteiger charge is 2.20. The fraction of sp³-hybridized carbons (Fsp3) is 0.375. The van der Waals surface area contributed by atoms with Gasteiger partial charge < -0.3 is 19.6 Å². The Hall–Kier alpha value is -2.48. The molecule has 0 saturated carbocycles. The topological polar surface area (TPSA) is 84.6 Å². The Morgan fingerprint density at radius 2 is 2.21 bits per heavy atom. The average Bonchev–Trinajstić information content (AvgIpc) is 3.07. The van der Waals surface area contributed by atoms with Crippen LogP contribution in [0.15, 0.2) is 41.1 Å². The number of rotatable bonds is 8. The van der Waals surface area contributed by atoms with Crippen LogP contribution >= 0.6 is 0 Å². The second-order valence-electron chi connectivity index (χ2n) is 5.19. The van der Waals surface area contributed by atoms with Gasteiger partial charge in [0.05, 0.1) is 6.26 Å². The number of furan rings is 1. The molecule has 0 saturated heterocycles. The maximum absolute atomic E-state index is 12.3. The van der Waals surface area contributed by atoms with Crippen LogP contribution < -0.4 is 10.1 Å². The lowest BCUT2D eigenvalue weighted by Gasteiger charge is -2.17. The van der Waals surface area contributed by atoms with Gasteiger partial charge in [-0.3, -0.25) is 4.79 Å². The molecule has 130 valence electrons. The van der Waals surface area contributed by atoms with E-state index in [1.807, 2.05) is 0 Å². The SMILES string of the molecule is CC(CC(O)c1ccco1)NC(=O)c1ncccc1OCC(F)F. The molecule has 0 fully saturated rings. The molecule has 2 rings (SSSR count). The van der Waals surface area contributed by atoms with Crippen molar-refractivity contribution < 1.29 is 27.8 Å². The summed E-state index contributed by atoms with van der Waals surface area (Å²) in [4.78, 5) is 16.1. The van der Waals surface area contributed by atoms with Gasteiger partial charge in [-0.2, -0.15) is 0 Å². The number of pyridine rings is 1. The zero-order chi connectivity index (χ0) is 17.5. The first-order valence-corrected chi connectivity index (χ1v) is 7.35. The van der Waals surface area contributed by atoms with Crippen LogP contribution in [0.3, 0.4) is 0 Å². The third-order valence-electron chi connectivity index (χ3n) is 3.18. The molecule has 0 aromatic carbocycles. The van der Waals surface area contributed by atoms with Gasteiger partial charge in [-0.25, -0.2) is 13.8 Å². The predicted octanol–water partition coefficient (Wildman–Crippen LogP) is 2.56. The Kier molecular flexibility index (Phi) is 6.25. The van der Waals surface area contributed by atoms with Crippen molar-refractivity contribution >= 4 is 5.91 Å². The molecule has 2 atom stereocenters. The van der Waals surface area contributed by atoms with Gasteiger partial charge in [0.2, 0.25) is 0 Å². The van der Waals surface area contributed by atoms with Crippen LogP contribution in [0.25, 0.3) is 0 Å². The van der Waals surface area contributed by atoms with E-state index in [9.17, 15) is 18.7 Å². The first-order valence-electron chi connectivity index (χ1n) is 7.35. The zero-order valence-electron chi connectivity index (χ0n) is 13.0. The predicted molar refractivity (Wildman–Crippen MR) is 80.9 cm³/mol. The molecular formula is C16H18F2N2O4. The molecule has 0 bridgehead atoms. The molecular weight excluding hydrogens is 322 g/mol. The maximum Gasteiger partial charge on any atom is 0.273 e. The van der Waals surface area contributed by atoms with Crippen molar-refractivity contribution in [1.29, 1.82) is 0 Å². The van der Waals surface area contributed by atoms with E-state index in [2.05, 4.69) is 10.3 Å². The smallest absolute Gasteiger partial charge is 0.273 e. The molecule has 0 radical (unpaired) electrons. The van der Waals surface area contributed by atoms with E-state index < -0.39 is 31.1 Å². The highest BCUT2D eigenvalue weighted by molar-refractivity contribution is 5.95. The van der Waals surface area contributed by atoms with Crippen LogP contribution in [-0.4, -0.2) is 35.1 Å². The first kappa shape index (κ1) is 17.9. The van der Waals surface area contributed by atoms with Gasteiger partial charge in [0.1, 0.15) is 18.5 Å². The number of hydrogen-bond acceptors (Lipinski definition) is 5. The molecule has 0 spiro atoms. The largest absolute Gasteiger partial charge is 0.485 e. The monoisotopic (exact) mass is 340 g/mol. The second kappa shape index (κ2) is 8.39. The van der Waals surface area contributed by atoms with Crippen LogP contribution in [0.4, 0.5) is 8.78 Å². The van der Waals surface area contributed by atoms with E-state index in [1.54, 1.807) is 19.1 Å². The molecule has 2 N–H and O–H groups in total. The number of nitrogens with one attached hydrogen (secondary N) is 1. The van der Waals surface area contributed by atoms with Crippen molar-refractivity contribution in [2.75, 3.05) is 6.61 Å². The minimum Gasteiger partial charge on any atom is -0.485 e. The van der Waals surface area contributed by atoms with Gasteiger partial charge in [-0.1, -0.05) is 0 Å². The fourth-order valence-electron chi connectivity index (χ4n) is 2.11. The fourth-order valence-corrected chi connectivity index (χ4v) is 2.11. The van der Waals surface area contributed by atoms with E-state index in [0.29, 0.717) is 5.76 Å². The molecule has 2 aromatic heterocycles. The van der Waals surface area contributed by atoms with Crippen molar-refractivity contribution in [3.8, 4) is 5.75 Å². The normalized spacial score (nSPS) is 13.5. The summed E-state index contributed by atoms with van der Waals surface area (Å²) in [5, 5.41) is 12.6. The van der Waals surface area contributed by atoms with Gasteiger partial charge >= 0.3 is 0 Å². The van der Waals surface area contributed by atoms with Gasteiger partial charge in [0.25, 0.3) is 12.3 Å². The minimum atomic E-state index is -2.65. The number of halogens is 2. The lowest BCUT2D eigenvalue weighted by Crippen LogP contribution is -2.34. The number of aliphatic hydroxyl groups excluding tert-OH is 1. The van der Waals surface area contributed by atoms with Crippen LogP contribution in [0.2, 0.25) is 0 Å². The average molecular weight is 340 g/mol. The quantitative estimate of drug-likeness (QED) is 0.771. The number of nitrogens with zero attached hydrogens (tertiary/aromatic N) is 1. The molecule has 6 nitrogen and oxygen atoms in total. The standard InChI is InChI=1S/C16H18F2N2O4/c1-10(8-11(21)12-5-3-7-23-12)20-16(22)15-13(4-2-6-19-15)24-9-14(17)18/h2-7,10-11,14,21H,8-9H2,1H3,(H,20,22). The lowest BCUT2D eigenvalue weighted by molar-refractivity contribution is 0.0782. The van der Waals surface area contributed by atoms with Crippen molar-refractivity contribution in [2.24, 2.45) is 0 Å². The maximum atomic E-state index is 12.3. The highest BCUT2D eigenvalue weighted by atomic mass is 19.3. The van der Waals surface area contributed by atoms with E-state index in [0.717, 1.165) is 0 Å². The summed E-state index contributed by atoms with van der Waals surface area (Å²) >= 11 is 0. The molecule has 2 heterocycles. The number of carbonyl (C=O) groups is 1. The van der Waals surface area contributed by atoms with Gasteiger partial charge in [-0.05, 0) is 31.2 Å². The summed E-state index contributed by atoms with van der Waals surface area (Å²) in [5.74, 6) is -0.192. The number of amides is 1. The summed E-state index contributed by atoms with van der Waals surface area (Å²) in [7, 11) is 0. The summed E-state index contributed by atoms with van der Waals surface area (Å²) < 4.78 is 34.5. The van der Waals surface area contributed by atoms with Gasteiger partial charge in [0.15, 0.2) is 11.4 Å². The Bertz CT molecular complexity index is 649. The molecule has 0 aliphatic rings. The second-order valence-corrected chi connectivity index (χ2v) is 5.19. The number of ether oxygens (including phenoxy) is 1. The van der Waals surface area contributed by atoms with Crippen LogP contribution in [0.5, 0.6) is 5.75 Å².